The predicted octanol–water partition coefficient (Wildman–Crippen LogP) is 4.66. The summed E-state index contributed by atoms with van der Waals surface area (Å²) in [6.45, 7) is -2.09. The highest BCUT2D eigenvalue weighted by Gasteiger charge is 2.13. The number of furan rings is 1. The number of hydrogen-bond acceptors (Lipinski definition) is 3. The van der Waals surface area contributed by atoms with E-state index in [1.54, 1.807) is 12.3 Å². The summed E-state index contributed by atoms with van der Waals surface area (Å²) in [5.41, 5.74) is 3.32. The lowest BCUT2D eigenvalue weighted by molar-refractivity contribution is 0.653. The Labute approximate surface area is 127 Å². The zero-order chi connectivity index (χ0) is 17.6. The number of rotatable bonds is 1. The minimum atomic E-state index is -2.27. The van der Waals surface area contributed by atoms with E-state index in [1.807, 2.05) is 30.3 Å². The molecule has 0 aliphatic heterocycles. The third kappa shape index (κ3) is 1.89. The summed E-state index contributed by atoms with van der Waals surface area (Å²) in [5.74, 6) is 0. The van der Waals surface area contributed by atoms with Crippen LogP contribution in [0.1, 0.15) is 16.7 Å². The summed E-state index contributed by atoms with van der Waals surface area (Å²) in [4.78, 5) is 8.58. The quantitative estimate of drug-likeness (QED) is 0.508. The molecule has 0 fully saturated rings. The number of para-hydroxylation sites is 1. The number of pyridine rings is 2. The van der Waals surface area contributed by atoms with E-state index in [0.717, 1.165) is 27.6 Å². The third-order valence-corrected chi connectivity index (χ3v) is 3.46. The van der Waals surface area contributed by atoms with E-state index in [4.69, 9.17) is 9.90 Å². The fourth-order valence-corrected chi connectivity index (χ4v) is 2.46. The van der Waals surface area contributed by atoms with Crippen LogP contribution >= 0.6 is 0 Å². The molecule has 3 aromatic heterocycles. The minimum Gasteiger partial charge on any atom is -0.437 e. The normalized spacial score (nSPS) is 14.7. The molecule has 0 spiro atoms. The number of hydrogen-bond donors (Lipinski definition) is 0. The molecule has 0 saturated carbocycles. The number of aryl methyl sites for hydroxylation is 2. The van der Waals surface area contributed by atoms with Crippen LogP contribution in [-0.2, 0) is 0 Å². The van der Waals surface area contributed by atoms with Gasteiger partial charge in [-0.05, 0) is 43.6 Å². The van der Waals surface area contributed by atoms with Crippen LogP contribution in [0.25, 0.3) is 33.3 Å². The second kappa shape index (κ2) is 4.42. The van der Waals surface area contributed by atoms with Gasteiger partial charge in [-0.25, -0.2) is 4.98 Å². The highest BCUT2D eigenvalue weighted by atomic mass is 16.3. The van der Waals surface area contributed by atoms with Gasteiger partial charge in [0, 0.05) is 33.7 Å². The number of fused-ring (bicyclic) bond motifs is 3. The first-order valence-corrected chi connectivity index (χ1v) is 6.54. The summed E-state index contributed by atoms with van der Waals surface area (Å²) in [6.07, 6.45) is 1.68. The SMILES string of the molecule is [2H]Cc1ccc(-c2cccc3c2oc2nc(C([2H])([2H])[2H])ccc23)nc1. The highest BCUT2D eigenvalue weighted by molar-refractivity contribution is 6.08. The summed E-state index contributed by atoms with van der Waals surface area (Å²) < 4.78 is 35.8. The van der Waals surface area contributed by atoms with Crippen molar-refractivity contribution < 1.29 is 9.90 Å². The van der Waals surface area contributed by atoms with Crippen LogP contribution in [-0.4, -0.2) is 9.97 Å². The van der Waals surface area contributed by atoms with Crippen LogP contribution in [0.4, 0.5) is 0 Å². The number of benzene rings is 1. The molecule has 0 unspecified atom stereocenters. The zero-order valence-corrected chi connectivity index (χ0v) is 11.1. The van der Waals surface area contributed by atoms with Gasteiger partial charge in [0.15, 0.2) is 0 Å². The van der Waals surface area contributed by atoms with Crippen molar-refractivity contribution in [1.29, 1.82) is 0 Å². The van der Waals surface area contributed by atoms with Crippen LogP contribution in [0.15, 0.2) is 53.1 Å². The molecular weight excluding hydrogens is 260 g/mol. The standard InChI is InChI=1S/C18H14N2O/c1-11-6-9-16(19-10-11)15-5-3-4-13-14-8-7-12(2)20-18(14)21-17(13)15/h3-10H,1-2H3/i1D,2D3. The molecule has 3 heterocycles. The Morgan fingerprint density at radius 2 is 2.05 bits per heavy atom. The van der Waals surface area contributed by atoms with E-state index in [0.29, 0.717) is 11.3 Å². The summed E-state index contributed by atoms with van der Waals surface area (Å²) >= 11 is 0. The minimum absolute atomic E-state index is 0.0125. The lowest BCUT2D eigenvalue weighted by Gasteiger charge is -2.01. The van der Waals surface area contributed by atoms with Crippen molar-refractivity contribution in [3.8, 4) is 11.3 Å². The van der Waals surface area contributed by atoms with Gasteiger partial charge in [-0.1, -0.05) is 18.2 Å². The molecule has 1 aromatic carbocycles. The molecule has 4 rings (SSSR count). The summed E-state index contributed by atoms with van der Waals surface area (Å²) in [5, 5.41) is 1.64. The van der Waals surface area contributed by atoms with Crippen LogP contribution in [0.5, 0.6) is 0 Å². The third-order valence-electron chi connectivity index (χ3n) is 3.46. The van der Waals surface area contributed by atoms with Gasteiger partial charge >= 0.3 is 0 Å². The highest BCUT2D eigenvalue weighted by Crippen LogP contribution is 2.34. The van der Waals surface area contributed by atoms with Crippen LogP contribution in [0.3, 0.4) is 0 Å². The Bertz CT molecular complexity index is 1070. The Morgan fingerprint density at radius 1 is 1.05 bits per heavy atom. The van der Waals surface area contributed by atoms with Crippen molar-refractivity contribution in [3.05, 3.63) is 59.9 Å². The van der Waals surface area contributed by atoms with E-state index < -0.39 is 6.85 Å². The average Bonchev–Trinajstić information content (AvgIpc) is 2.99. The van der Waals surface area contributed by atoms with Crippen LogP contribution in [0, 0.1) is 13.8 Å². The van der Waals surface area contributed by atoms with Gasteiger partial charge in [0.2, 0.25) is 5.71 Å². The molecule has 0 saturated heterocycles. The Balaban J connectivity index is 1.94. The van der Waals surface area contributed by atoms with Crippen molar-refractivity contribution in [2.75, 3.05) is 0 Å². The molecule has 0 aliphatic carbocycles. The van der Waals surface area contributed by atoms with Crippen LogP contribution < -0.4 is 0 Å². The van der Waals surface area contributed by atoms with Gasteiger partial charge in [-0.15, -0.1) is 0 Å². The van der Waals surface area contributed by atoms with Gasteiger partial charge in [-0.2, -0.15) is 0 Å². The first-order valence-electron chi connectivity index (χ1n) is 8.75. The van der Waals surface area contributed by atoms with Gasteiger partial charge in [0.1, 0.15) is 5.58 Å². The smallest absolute Gasteiger partial charge is 0.227 e. The molecule has 0 bridgehead atoms. The van der Waals surface area contributed by atoms with E-state index in [2.05, 4.69) is 9.97 Å². The zero-order valence-electron chi connectivity index (χ0n) is 15.1. The predicted molar refractivity (Wildman–Crippen MR) is 84.2 cm³/mol. The number of aromatic nitrogens is 2. The summed E-state index contributed by atoms with van der Waals surface area (Å²) in [6, 6.07) is 12.7. The molecule has 0 atom stereocenters. The molecule has 102 valence electrons. The second-order valence-corrected chi connectivity index (χ2v) is 4.89. The Hall–Kier alpha value is -2.68. The van der Waals surface area contributed by atoms with Gasteiger partial charge < -0.3 is 4.42 Å². The molecule has 0 aliphatic rings. The lowest BCUT2D eigenvalue weighted by atomic mass is 10.1. The van der Waals surface area contributed by atoms with Gasteiger partial charge in [0.05, 0.1) is 5.69 Å². The topological polar surface area (TPSA) is 38.9 Å². The molecule has 0 amide bonds. The monoisotopic (exact) mass is 278 g/mol. The van der Waals surface area contributed by atoms with Gasteiger partial charge in [0.25, 0.3) is 0 Å². The molecule has 3 nitrogen and oxygen atoms in total. The van der Waals surface area contributed by atoms with Crippen molar-refractivity contribution in [2.45, 2.75) is 13.8 Å². The number of nitrogens with zero attached hydrogens (tertiary/aromatic N) is 2. The van der Waals surface area contributed by atoms with Crippen molar-refractivity contribution >= 4 is 22.1 Å². The van der Waals surface area contributed by atoms with Crippen LogP contribution in [0.2, 0.25) is 0 Å². The van der Waals surface area contributed by atoms with Crippen molar-refractivity contribution in [1.82, 2.24) is 9.97 Å². The fraction of sp³-hybridized carbons (Fsp3) is 0.111. The lowest BCUT2D eigenvalue weighted by Crippen LogP contribution is -1.84. The molecule has 3 heteroatoms. The molecule has 21 heavy (non-hydrogen) atoms. The van der Waals surface area contributed by atoms with E-state index in [1.165, 1.54) is 6.07 Å². The first-order chi connectivity index (χ1) is 12.0. The largest absolute Gasteiger partial charge is 0.437 e. The maximum atomic E-state index is 7.50. The van der Waals surface area contributed by atoms with Gasteiger partial charge in [-0.3, -0.25) is 4.98 Å². The van der Waals surface area contributed by atoms with E-state index in [9.17, 15) is 0 Å². The summed E-state index contributed by atoms with van der Waals surface area (Å²) in [7, 11) is 0. The Morgan fingerprint density at radius 3 is 2.86 bits per heavy atom. The van der Waals surface area contributed by atoms with Crippen molar-refractivity contribution in [2.24, 2.45) is 0 Å². The average molecular weight is 278 g/mol. The fourth-order valence-electron chi connectivity index (χ4n) is 2.46. The van der Waals surface area contributed by atoms with E-state index >= 15 is 0 Å². The Kier molecular flexibility index (Phi) is 1.80. The molecule has 0 radical (unpaired) electrons. The molecular formula is C18H14N2O. The van der Waals surface area contributed by atoms with Crippen molar-refractivity contribution in [3.63, 3.8) is 0 Å². The maximum absolute atomic E-state index is 7.50. The second-order valence-electron chi connectivity index (χ2n) is 4.89. The maximum Gasteiger partial charge on any atom is 0.227 e. The first kappa shape index (κ1) is 8.57. The molecule has 0 N–H and O–H groups in total. The van der Waals surface area contributed by atoms with E-state index in [-0.39, 0.29) is 12.6 Å². The molecule has 4 aromatic rings.